The number of carbonyl (C=O) groups excluding carboxylic acids is 1. The smallest absolute Gasteiger partial charge is 0.310 e. The Bertz CT molecular complexity index is 1300. The average molecular weight is 546 g/mol. The van der Waals surface area contributed by atoms with Gasteiger partial charge < -0.3 is 19.5 Å². The van der Waals surface area contributed by atoms with Gasteiger partial charge in [0.15, 0.2) is 0 Å². The van der Waals surface area contributed by atoms with Gasteiger partial charge in [-0.2, -0.15) is 0 Å². The number of unbranched alkanes of at least 4 members (excludes halogenated alkanes) is 6. The van der Waals surface area contributed by atoms with E-state index in [4.69, 9.17) is 9.47 Å². The summed E-state index contributed by atoms with van der Waals surface area (Å²) in [6.45, 7) is 7.79. The molecule has 1 unspecified atom stereocenters. The van der Waals surface area contributed by atoms with Crippen molar-refractivity contribution < 1.29 is 24.2 Å². The molecule has 0 saturated carbocycles. The Balaban J connectivity index is 1.71. The minimum atomic E-state index is -0.840. The molecule has 1 aliphatic heterocycles. The maximum atomic E-state index is 14.0. The van der Waals surface area contributed by atoms with Crippen LogP contribution in [0.3, 0.4) is 0 Å². The first kappa shape index (κ1) is 29.4. The molecule has 0 aromatic heterocycles. The summed E-state index contributed by atoms with van der Waals surface area (Å²) in [5.41, 5.74) is 2.92. The molecule has 4 rings (SSSR count). The molecule has 214 valence electrons. The number of anilines is 1. The highest BCUT2D eigenvalue weighted by Gasteiger charge is 2.37. The van der Waals surface area contributed by atoms with E-state index in [1.807, 2.05) is 49.4 Å². The fourth-order valence-corrected chi connectivity index (χ4v) is 5.54. The SMILES string of the molecule is CCCCCCOc1c2c(c(OCCCCCC)c3ccccc13)C(=O)N(c1ccc(C(CC)C(=O)O)cc1)C2. The van der Waals surface area contributed by atoms with Gasteiger partial charge in [0.25, 0.3) is 5.91 Å². The predicted molar refractivity (Wildman–Crippen MR) is 161 cm³/mol. The second-order valence-electron chi connectivity index (χ2n) is 10.7. The molecule has 1 atom stereocenters. The quantitative estimate of drug-likeness (QED) is 0.183. The van der Waals surface area contributed by atoms with E-state index in [0.29, 0.717) is 37.5 Å². The van der Waals surface area contributed by atoms with Crippen molar-refractivity contribution in [1.82, 2.24) is 0 Å². The molecule has 1 heterocycles. The van der Waals surface area contributed by atoms with Crippen LogP contribution in [-0.2, 0) is 11.3 Å². The average Bonchev–Trinajstić information content (AvgIpc) is 3.30. The second-order valence-corrected chi connectivity index (χ2v) is 10.7. The molecule has 1 amide bonds. The van der Waals surface area contributed by atoms with Crippen LogP contribution in [0, 0.1) is 0 Å². The molecule has 1 aliphatic rings. The van der Waals surface area contributed by atoms with Crippen molar-refractivity contribution in [2.75, 3.05) is 18.1 Å². The third kappa shape index (κ3) is 6.43. The summed E-state index contributed by atoms with van der Waals surface area (Å²) in [7, 11) is 0. The molecule has 3 aromatic rings. The molecule has 1 N–H and O–H groups in total. The molecule has 0 saturated heterocycles. The Morgan fingerprint density at radius 1 is 0.825 bits per heavy atom. The maximum absolute atomic E-state index is 14.0. The van der Waals surface area contributed by atoms with Crippen molar-refractivity contribution in [1.29, 1.82) is 0 Å². The number of nitrogens with zero attached hydrogens (tertiary/aromatic N) is 1. The number of carboxylic acids is 1. The first-order valence-electron chi connectivity index (χ1n) is 15.0. The first-order chi connectivity index (χ1) is 19.5. The topological polar surface area (TPSA) is 76.1 Å². The van der Waals surface area contributed by atoms with E-state index in [-0.39, 0.29) is 5.91 Å². The third-order valence-electron chi connectivity index (χ3n) is 7.80. The molecule has 3 aromatic carbocycles. The lowest BCUT2D eigenvalue weighted by Gasteiger charge is -2.18. The van der Waals surface area contributed by atoms with E-state index in [1.165, 1.54) is 6.42 Å². The molecule has 0 fully saturated rings. The van der Waals surface area contributed by atoms with E-state index >= 15 is 0 Å². The molecule has 0 bridgehead atoms. The Labute approximate surface area is 238 Å². The molecule has 6 nitrogen and oxygen atoms in total. The lowest BCUT2D eigenvalue weighted by atomic mass is 9.96. The van der Waals surface area contributed by atoms with Crippen molar-refractivity contribution in [2.45, 2.75) is 91.0 Å². The first-order valence-corrected chi connectivity index (χ1v) is 15.0. The summed E-state index contributed by atoms with van der Waals surface area (Å²) >= 11 is 0. The van der Waals surface area contributed by atoms with E-state index < -0.39 is 11.9 Å². The zero-order valence-electron chi connectivity index (χ0n) is 24.2. The minimum Gasteiger partial charge on any atom is -0.493 e. The molecular formula is C34H43NO5. The highest BCUT2D eigenvalue weighted by molar-refractivity contribution is 6.16. The van der Waals surface area contributed by atoms with E-state index in [9.17, 15) is 14.7 Å². The van der Waals surface area contributed by atoms with E-state index in [1.54, 1.807) is 4.90 Å². The zero-order chi connectivity index (χ0) is 28.5. The second kappa shape index (κ2) is 14.2. The lowest BCUT2D eigenvalue weighted by molar-refractivity contribution is -0.138. The zero-order valence-corrected chi connectivity index (χ0v) is 24.2. The third-order valence-corrected chi connectivity index (χ3v) is 7.80. The lowest BCUT2D eigenvalue weighted by Crippen LogP contribution is -2.23. The fourth-order valence-electron chi connectivity index (χ4n) is 5.54. The number of fused-ring (bicyclic) bond motifs is 2. The van der Waals surface area contributed by atoms with Crippen molar-refractivity contribution in [2.24, 2.45) is 0 Å². The van der Waals surface area contributed by atoms with Gasteiger partial charge in [0, 0.05) is 22.0 Å². The standard InChI is InChI=1S/C34H43NO5/c1-4-7-9-13-21-39-31-27-15-11-12-16-28(27)32(40-22-14-10-8-5-2)30-29(31)23-35(33(30)36)25-19-17-24(18-20-25)26(6-3)34(37)38/h11-12,15-20,26H,4-10,13-14,21-23H2,1-3H3,(H,37,38). The number of amides is 1. The number of ether oxygens (including phenoxy) is 2. The molecule has 6 heteroatoms. The summed E-state index contributed by atoms with van der Waals surface area (Å²) in [5, 5.41) is 11.4. The summed E-state index contributed by atoms with van der Waals surface area (Å²) in [5.74, 6) is -0.108. The predicted octanol–water partition coefficient (Wildman–Crippen LogP) is 8.50. The normalized spacial score (nSPS) is 13.5. The van der Waals surface area contributed by atoms with Crippen LogP contribution in [-0.4, -0.2) is 30.2 Å². The number of aliphatic carboxylic acids is 1. The van der Waals surface area contributed by atoms with Gasteiger partial charge in [0.05, 0.1) is 31.2 Å². The van der Waals surface area contributed by atoms with Crippen LogP contribution in [0.1, 0.15) is 106 Å². The van der Waals surface area contributed by atoms with Gasteiger partial charge in [0.1, 0.15) is 11.5 Å². The maximum Gasteiger partial charge on any atom is 0.310 e. The number of benzene rings is 3. The Morgan fingerprint density at radius 3 is 1.95 bits per heavy atom. The van der Waals surface area contributed by atoms with Crippen molar-refractivity contribution in [3.8, 4) is 11.5 Å². The van der Waals surface area contributed by atoms with Crippen molar-refractivity contribution in [3.63, 3.8) is 0 Å². The number of hydrogen-bond donors (Lipinski definition) is 1. The van der Waals surface area contributed by atoms with Gasteiger partial charge in [-0.05, 0) is 37.0 Å². The van der Waals surface area contributed by atoms with E-state index in [2.05, 4.69) is 19.9 Å². The Kier molecular flexibility index (Phi) is 10.5. The highest BCUT2D eigenvalue weighted by atomic mass is 16.5. The van der Waals surface area contributed by atoms with Crippen LogP contribution in [0.25, 0.3) is 10.8 Å². The number of hydrogen-bond acceptors (Lipinski definition) is 4. The van der Waals surface area contributed by atoms with Gasteiger partial charge >= 0.3 is 5.97 Å². The van der Waals surface area contributed by atoms with Gasteiger partial charge in [-0.3, -0.25) is 9.59 Å². The Morgan fingerprint density at radius 2 is 1.40 bits per heavy atom. The minimum absolute atomic E-state index is 0.113. The van der Waals surface area contributed by atoms with Crippen LogP contribution in [0.2, 0.25) is 0 Å². The fraction of sp³-hybridized carbons (Fsp3) is 0.471. The van der Waals surface area contributed by atoms with Crippen LogP contribution < -0.4 is 14.4 Å². The van der Waals surface area contributed by atoms with Crippen LogP contribution in [0.15, 0.2) is 48.5 Å². The molecule has 0 radical (unpaired) electrons. The summed E-state index contributed by atoms with van der Waals surface area (Å²) in [6.07, 6.45) is 9.28. The monoisotopic (exact) mass is 545 g/mol. The van der Waals surface area contributed by atoms with Crippen molar-refractivity contribution >= 4 is 28.3 Å². The van der Waals surface area contributed by atoms with Crippen LogP contribution >= 0.6 is 0 Å². The largest absolute Gasteiger partial charge is 0.493 e. The molecule has 40 heavy (non-hydrogen) atoms. The highest BCUT2D eigenvalue weighted by Crippen LogP contribution is 2.46. The van der Waals surface area contributed by atoms with Gasteiger partial charge in [-0.15, -0.1) is 0 Å². The number of carbonyl (C=O) groups is 2. The molecular weight excluding hydrogens is 502 g/mol. The molecule has 0 aliphatic carbocycles. The number of carboxylic acid groups (broad SMARTS) is 1. The summed E-state index contributed by atoms with van der Waals surface area (Å²) < 4.78 is 12.8. The summed E-state index contributed by atoms with van der Waals surface area (Å²) in [6, 6.07) is 15.4. The van der Waals surface area contributed by atoms with Crippen LogP contribution in [0.4, 0.5) is 5.69 Å². The van der Waals surface area contributed by atoms with Gasteiger partial charge in [-0.1, -0.05) is 95.7 Å². The number of rotatable bonds is 16. The van der Waals surface area contributed by atoms with Gasteiger partial charge in [0.2, 0.25) is 0 Å². The van der Waals surface area contributed by atoms with Crippen LogP contribution in [0.5, 0.6) is 11.5 Å². The van der Waals surface area contributed by atoms with E-state index in [0.717, 1.165) is 78.3 Å². The summed E-state index contributed by atoms with van der Waals surface area (Å²) in [4.78, 5) is 27.5. The Hall–Kier alpha value is -3.54. The molecule has 0 spiro atoms. The van der Waals surface area contributed by atoms with Crippen molar-refractivity contribution in [3.05, 3.63) is 65.2 Å². The van der Waals surface area contributed by atoms with Gasteiger partial charge in [-0.25, -0.2) is 0 Å².